The smallest absolute Gasteiger partial charge is 0.137 e. The second-order valence-corrected chi connectivity index (χ2v) is 4.23. The van der Waals surface area contributed by atoms with Gasteiger partial charge in [-0.2, -0.15) is 0 Å². The summed E-state index contributed by atoms with van der Waals surface area (Å²) in [6, 6.07) is 7.21. The van der Waals surface area contributed by atoms with Gasteiger partial charge in [0.25, 0.3) is 0 Å². The molecule has 0 aliphatic rings. The summed E-state index contributed by atoms with van der Waals surface area (Å²) >= 11 is 0. The third-order valence-corrected chi connectivity index (χ3v) is 2.71. The fourth-order valence-corrected chi connectivity index (χ4v) is 1.53. The molecular formula is C14H23NO3. The molecule has 0 amide bonds. The van der Waals surface area contributed by atoms with Crippen LogP contribution in [-0.4, -0.2) is 30.5 Å². The molecule has 0 aromatic heterocycles. The number of rotatable bonds is 8. The number of aliphatic hydroxyl groups excluding tert-OH is 1. The summed E-state index contributed by atoms with van der Waals surface area (Å²) in [7, 11) is 0. The van der Waals surface area contributed by atoms with Crippen molar-refractivity contribution in [3.63, 3.8) is 0 Å². The highest BCUT2D eigenvalue weighted by Gasteiger charge is 2.16. The zero-order chi connectivity index (χ0) is 13.4. The van der Waals surface area contributed by atoms with Gasteiger partial charge < -0.3 is 20.3 Å². The van der Waals surface area contributed by atoms with Crippen LogP contribution in [0.4, 0.5) is 0 Å². The fraction of sp³-hybridized carbons (Fsp3) is 0.571. The number of hydrogen-bond acceptors (Lipinski definition) is 4. The van der Waals surface area contributed by atoms with Gasteiger partial charge in [0.1, 0.15) is 17.6 Å². The van der Waals surface area contributed by atoms with Crippen LogP contribution in [0.1, 0.15) is 26.7 Å². The Labute approximate surface area is 109 Å². The SMILES string of the molecule is CCCOc1ccc(OC(CO)C(N)CC)cc1. The van der Waals surface area contributed by atoms with E-state index in [1.54, 1.807) is 0 Å². The molecule has 0 bridgehead atoms. The van der Waals surface area contributed by atoms with Gasteiger partial charge in [-0.25, -0.2) is 0 Å². The quantitative estimate of drug-likeness (QED) is 0.743. The van der Waals surface area contributed by atoms with Crippen LogP contribution in [0.2, 0.25) is 0 Å². The standard InChI is InChI=1S/C14H23NO3/c1-3-9-17-11-5-7-12(8-6-11)18-14(10-16)13(15)4-2/h5-8,13-14,16H,3-4,9-10,15H2,1-2H3. The van der Waals surface area contributed by atoms with Crippen molar-refractivity contribution in [2.45, 2.75) is 38.8 Å². The summed E-state index contributed by atoms with van der Waals surface area (Å²) in [4.78, 5) is 0. The first-order chi connectivity index (χ1) is 8.71. The average molecular weight is 253 g/mol. The Balaban J connectivity index is 2.56. The van der Waals surface area contributed by atoms with E-state index in [0.717, 1.165) is 18.6 Å². The second-order valence-electron chi connectivity index (χ2n) is 4.23. The molecule has 0 radical (unpaired) electrons. The number of ether oxygens (including phenoxy) is 2. The van der Waals surface area contributed by atoms with E-state index in [0.29, 0.717) is 12.4 Å². The van der Waals surface area contributed by atoms with Crippen molar-refractivity contribution >= 4 is 0 Å². The third kappa shape index (κ3) is 4.55. The molecule has 1 aromatic carbocycles. The lowest BCUT2D eigenvalue weighted by atomic mass is 10.1. The van der Waals surface area contributed by atoms with Gasteiger partial charge in [-0.3, -0.25) is 0 Å². The highest BCUT2D eigenvalue weighted by molar-refractivity contribution is 5.31. The minimum atomic E-state index is -0.364. The summed E-state index contributed by atoms with van der Waals surface area (Å²) in [5.41, 5.74) is 5.86. The van der Waals surface area contributed by atoms with E-state index in [1.165, 1.54) is 0 Å². The molecular weight excluding hydrogens is 230 g/mol. The number of aliphatic hydroxyl groups is 1. The molecule has 0 fully saturated rings. The molecule has 0 saturated heterocycles. The van der Waals surface area contributed by atoms with Crippen molar-refractivity contribution in [2.24, 2.45) is 5.73 Å². The first-order valence-corrected chi connectivity index (χ1v) is 6.47. The monoisotopic (exact) mass is 253 g/mol. The van der Waals surface area contributed by atoms with E-state index in [2.05, 4.69) is 6.92 Å². The van der Waals surface area contributed by atoms with Crippen LogP contribution in [0.15, 0.2) is 24.3 Å². The van der Waals surface area contributed by atoms with Crippen LogP contribution in [-0.2, 0) is 0 Å². The van der Waals surface area contributed by atoms with Gasteiger partial charge in [0.15, 0.2) is 0 Å². The maximum atomic E-state index is 9.23. The molecule has 1 rings (SSSR count). The normalized spacial score (nSPS) is 14.0. The average Bonchev–Trinajstić information content (AvgIpc) is 2.43. The van der Waals surface area contributed by atoms with Crippen molar-refractivity contribution in [1.82, 2.24) is 0 Å². The van der Waals surface area contributed by atoms with Crippen LogP contribution >= 0.6 is 0 Å². The molecule has 0 saturated carbocycles. The summed E-state index contributed by atoms with van der Waals surface area (Å²) in [6.45, 7) is 4.66. The van der Waals surface area contributed by atoms with Crippen LogP contribution < -0.4 is 15.2 Å². The summed E-state index contributed by atoms with van der Waals surface area (Å²) in [6.07, 6.45) is 1.39. The number of benzene rings is 1. The molecule has 0 spiro atoms. The minimum absolute atomic E-state index is 0.0803. The van der Waals surface area contributed by atoms with Gasteiger partial charge in [-0.1, -0.05) is 13.8 Å². The number of nitrogens with two attached hydrogens (primary N) is 1. The van der Waals surface area contributed by atoms with Crippen molar-refractivity contribution in [1.29, 1.82) is 0 Å². The molecule has 0 aliphatic carbocycles. The zero-order valence-corrected chi connectivity index (χ0v) is 11.1. The molecule has 2 unspecified atom stereocenters. The molecule has 0 heterocycles. The molecule has 0 aliphatic heterocycles. The van der Waals surface area contributed by atoms with Gasteiger partial charge in [0.05, 0.1) is 13.2 Å². The molecule has 1 aromatic rings. The van der Waals surface area contributed by atoms with Gasteiger partial charge >= 0.3 is 0 Å². The Kier molecular flexibility index (Phi) is 6.54. The van der Waals surface area contributed by atoms with Crippen LogP contribution in [0.25, 0.3) is 0 Å². The van der Waals surface area contributed by atoms with Crippen LogP contribution in [0.3, 0.4) is 0 Å². The van der Waals surface area contributed by atoms with E-state index in [4.69, 9.17) is 15.2 Å². The van der Waals surface area contributed by atoms with Crippen molar-refractivity contribution in [3.05, 3.63) is 24.3 Å². The molecule has 2 atom stereocenters. The maximum Gasteiger partial charge on any atom is 0.137 e. The summed E-state index contributed by atoms with van der Waals surface area (Å²) < 4.78 is 11.1. The lowest BCUT2D eigenvalue weighted by molar-refractivity contribution is 0.0932. The minimum Gasteiger partial charge on any atom is -0.494 e. The lowest BCUT2D eigenvalue weighted by Gasteiger charge is -2.22. The lowest BCUT2D eigenvalue weighted by Crippen LogP contribution is -2.41. The first kappa shape index (κ1) is 14.8. The Morgan fingerprint density at radius 3 is 2.28 bits per heavy atom. The second kappa shape index (κ2) is 7.95. The van der Waals surface area contributed by atoms with Gasteiger partial charge in [-0.05, 0) is 37.1 Å². The fourth-order valence-electron chi connectivity index (χ4n) is 1.53. The van der Waals surface area contributed by atoms with Gasteiger partial charge in [0, 0.05) is 6.04 Å². The Bertz CT molecular complexity index is 326. The highest BCUT2D eigenvalue weighted by atomic mass is 16.5. The predicted octanol–water partition coefficient (Wildman–Crippen LogP) is 1.95. The summed E-state index contributed by atoms with van der Waals surface area (Å²) in [5, 5.41) is 9.23. The van der Waals surface area contributed by atoms with E-state index in [1.807, 2.05) is 31.2 Å². The third-order valence-electron chi connectivity index (χ3n) is 2.71. The van der Waals surface area contributed by atoms with Crippen molar-refractivity contribution in [2.75, 3.05) is 13.2 Å². The molecule has 102 valence electrons. The largest absolute Gasteiger partial charge is 0.494 e. The van der Waals surface area contributed by atoms with E-state index in [-0.39, 0.29) is 18.8 Å². The van der Waals surface area contributed by atoms with E-state index in [9.17, 15) is 5.11 Å². The summed E-state index contributed by atoms with van der Waals surface area (Å²) in [5.74, 6) is 1.52. The highest BCUT2D eigenvalue weighted by Crippen LogP contribution is 2.19. The topological polar surface area (TPSA) is 64.7 Å². The van der Waals surface area contributed by atoms with Crippen LogP contribution in [0, 0.1) is 0 Å². The predicted molar refractivity (Wildman–Crippen MR) is 72.0 cm³/mol. The molecule has 18 heavy (non-hydrogen) atoms. The van der Waals surface area contributed by atoms with Gasteiger partial charge in [0.2, 0.25) is 0 Å². The maximum absolute atomic E-state index is 9.23. The Hall–Kier alpha value is -1.26. The Morgan fingerprint density at radius 1 is 1.17 bits per heavy atom. The van der Waals surface area contributed by atoms with Crippen molar-refractivity contribution < 1.29 is 14.6 Å². The van der Waals surface area contributed by atoms with Crippen LogP contribution in [0.5, 0.6) is 11.5 Å². The number of hydrogen-bond donors (Lipinski definition) is 2. The molecule has 4 nitrogen and oxygen atoms in total. The van der Waals surface area contributed by atoms with E-state index >= 15 is 0 Å². The first-order valence-electron chi connectivity index (χ1n) is 6.47. The zero-order valence-electron chi connectivity index (χ0n) is 11.1. The Morgan fingerprint density at radius 2 is 1.78 bits per heavy atom. The van der Waals surface area contributed by atoms with Gasteiger partial charge in [-0.15, -0.1) is 0 Å². The van der Waals surface area contributed by atoms with Crippen molar-refractivity contribution in [3.8, 4) is 11.5 Å². The molecule has 3 N–H and O–H groups in total. The van der Waals surface area contributed by atoms with E-state index < -0.39 is 0 Å². The molecule has 4 heteroatoms.